The van der Waals surface area contributed by atoms with E-state index in [-0.39, 0.29) is 61.9 Å². The molecule has 0 radical (unpaired) electrons. The molecule has 0 aromatic carbocycles. The number of nitrogens with one attached hydrogen (secondary N) is 2. The first-order valence-corrected chi connectivity index (χ1v) is 24.6. The number of aliphatic hydroxyl groups excluding tert-OH is 1. The van der Waals surface area contributed by atoms with Crippen molar-refractivity contribution in [2.24, 2.45) is 22.7 Å². The summed E-state index contributed by atoms with van der Waals surface area (Å²) in [5.74, 6) is -3.10. The molecule has 5 saturated heterocycles. The number of rotatable bonds is 9. The van der Waals surface area contributed by atoms with E-state index in [1.165, 1.54) is 28.7 Å². The van der Waals surface area contributed by atoms with Gasteiger partial charge >= 0.3 is 0 Å². The number of hydrogen-bond donors (Lipinski definition) is 4. The third kappa shape index (κ3) is 12.0. The van der Waals surface area contributed by atoms with Crippen LogP contribution in [0.4, 0.5) is 0 Å². The van der Waals surface area contributed by atoms with Crippen molar-refractivity contribution in [3.63, 3.8) is 0 Å². The Morgan fingerprint density at radius 2 is 1.72 bits per heavy atom. The maximum Gasteiger partial charge on any atom is 0.288 e. The van der Waals surface area contributed by atoms with Gasteiger partial charge in [-0.1, -0.05) is 20.8 Å². The predicted octanol–water partition coefficient (Wildman–Crippen LogP) is 2.12. The molecule has 4 N–H and O–H groups in total. The Kier molecular flexibility index (Phi) is 17.9. The summed E-state index contributed by atoms with van der Waals surface area (Å²) in [5, 5.41) is 29.8. The molecule has 5 fully saturated rings. The molecule has 4 amide bonds. The summed E-state index contributed by atoms with van der Waals surface area (Å²) in [6.07, 6.45) is -2.47. The second kappa shape index (κ2) is 21.9. The van der Waals surface area contributed by atoms with E-state index in [4.69, 9.17) is 33.4 Å². The monoisotopic (exact) mass is 927 g/mol. The van der Waals surface area contributed by atoms with Crippen LogP contribution < -0.4 is 10.6 Å². The van der Waals surface area contributed by atoms with Gasteiger partial charge in [-0.25, -0.2) is 4.99 Å². The number of fused-ring (bicyclic) bond motifs is 2. The Labute approximate surface area is 384 Å². The van der Waals surface area contributed by atoms with Gasteiger partial charge in [-0.2, -0.15) is 11.8 Å². The van der Waals surface area contributed by atoms with E-state index in [1.807, 2.05) is 52.8 Å². The van der Waals surface area contributed by atoms with Crippen LogP contribution in [0.25, 0.3) is 0 Å². The van der Waals surface area contributed by atoms with Crippen molar-refractivity contribution in [2.45, 2.75) is 185 Å². The number of likely N-dealkylation sites (N-methyl/N-ethyl adjacent to an activating group) is 2. The van der Waals surface area contributed by atoms with Gasteiger partial charge in [-0.05, 0) is 91.6 Å². The van der Waals surface area contributed by atoms with Crippen molar-refractivity contribution in [3.05, 3.63) is 0 Å². The molecule has 64 heavy (non-hydrogen) atoms. The van der Waals surface area contributed by atoms with Crippen LogP contribution in [0.5, 0.6) is 0 Å². The lowest BCUT2D eigenvalue weighted by molar-refractivity contribution is -0.313. The minimum atomic E-state index is -1.64. The third-order valence-electron chi connectivity index (χ3n) is 13.8. The number of amides is 4. The lowest BCUT2D eigenvalue weighted by Gasteiger charge is -2.48. The molecular formula is C45H78N6O12S. The number of ether oxygens (including phenoxy) is 6. The van der Waals surface area contributed by atoms with Crippen LogP contribution in [0.3, 0.4) is 0 Å². The first kappa shape index (κ1) is 52.2. The number of amidine groups is 1. The molecule has 18 nitrogen and oxygen atoms in total. The number of hydrogen-bond acceptors (Lipinski definition) is 14. The van der Waals surface area contributed by atoms with E-state index in [9.17, 15) is 29.4 Å². The standard InChI is InChI=1S/C45H78N6O12S/c1-24(2)47-43-50(11)32-19-26(4)59-42(36(32)62-43)63-38-27(5)35(61-34-21-45(9,58-12)37(53)29(7)60-34)28(6)39(54)48-30(16-18-64-13)41(56)51-17-14-15-31(51)40(55)46-22-33(52)49(10)23-25(3)20-44(38,8)57/h24-32,34-38,42,53,57H,14-23H2,1-13H3,(H,46,55)(H,48,54)/b47-43+/t25-,26?,27+,28?,29?,30?,31+,32?,34+,35-,36-,37+,38-,42+,44?,45?/m1/s1. The van der Waals surface area contributed by atoms with Crippen molar-refractivity contribution < 1.29 is 57.8 Å². The number of nitrogens with zero attached hydrogens (tertiary/aromatic N) is 4. The zero-order valence-corrected chi connectivity index (χ0v) is 41.2. The van der Waals surface area contributed by atoms with Gasteiger partial charge in [0, 0.05) is 52.7 Å². The molecule has 19 heteroatoms. The fourth-order valence-corrected chi connectivity index (χ4v) is 10.7. The van der Waals surface area contributed by atoms with Crippen molar-refractivity contribution in [1.29, 1.82) is 0 Å². The number of aliphatic imine (C=N–C) groups is 1. The van der Waals surface area contributed by atoms with E-state index in [1.54, 1.807) is 34.7 Å². The van der Waals surface area contributed by atoms with Crippen molar-refractivity contribution >= 4 is 41.4 Å². The van der Waals surface area contributed by atoms with Gasteiger partial charge in [0.05, 0.1) is 54.1 Å². The molecule has 0 aromatic rings. The Morgan fingerprint density at radius 3 is 2.38 bits per heavy atom. The van der Waals surface area contributed by atoms with Crippen LogP contribution in [0.1, 0.15) is 101 Å². The summed E-state index contributed by atoms with van der Waals surface area (Å²) in [6, 6.07) is -1.47. The molecule has 0 aliphatic carbocycles. The number of aliphatic hydroxyl groups is 2. The van der Waals surface area contributed by atoms with Crippen molar-refractivity contribution in [2.75, 3.05) is 52.8 Å². The first-order valence-electron chi connectivity index (χ1n) is 23.2. The summed E-state index contributed by atoms with van der Waals surface area (Å²) in [5.41, 5.74) is -2.70. The quantitative estimate of drug-likeness (QED) is 0.261. The average molecular weight is 927 g/mol. The van der Waals surface area contributed by atoms with E-state index in [0.717, 1.165) is 0 Å². The highest BCUT2D eigenvalue weighted by molar-refractivity contribution is 7.98. The second-order valence-corrected chi connectivity index (χ2v) is 20.7. The lowest BCUT2D eigenvalue weighted by Crippen LogP contribution is -2.60. The normalized spacial score (nSPS) is 41.8. The summed E-state index contributed by atoms with van der Waals surface area (Å²) in [4.78, 5) is 66.0. The van der Waals surface area contributed by atoms with Crippen molar-refractivity contribution in [3.8, 4) is 0 Å². The summed E-state index contributed by atoms with van der Waals surface area (Å²) >= 11 is 1.53. The Bertz CT molecular complexity index is 1660. The number of methoxy groups -OCH3 is 1. The topological polar surface area (TPSA) is 210 Å². The molecule has 5 aliphatic heterocycles. The lowest BCUT2D eigenvalue weighted by atomic mass is 9.77. The van der Waals surface area contributed by atoms with Gasteiger partial charge in [-0.15, -0.1) is 0 Å². The first-order chi connectivity index (χ1) is 30.0. The smallest absolute Gasteiger partial charge is 0.288 e. The molecule has 0 spiro atoms. The molecule has 0 bridgehead atoms. The summed E-state index contributed by atoms with van der Waals surface area (Å²) in [6.45, 7) is 16.9. The Balaban J connectivity index is 1.60. The molecule has 0 aromatic heterocycles. The van der Waals surface area contributed by atoms with Gasteiger partial charge in [-0.3, -0.25) is 19.2 Å². The fraction of sp³-hybridized carbons (Fsp3) is 0.889. The Morgan fingerprint density at radius 1 is 1.02 bits per heavy atom. The van der Waals surface area contributed by atoms with Crippen LogP contribution in [-0.4, -0.2) is 192 Å². The van der Waals surface area contributed by atoms with Gasteiger partial charge in [0.25, 0.3) is 6.02 Å². The van der Waals surface area contributed by atoms with Crippen molar-refractivity contribution in [1.82, 2.24) is 25.3 Å². The molecular weight excluding hydrogens is 849 g/mol. The van der Waals surface area contributed by atoms with E-state index >= 15 is 0 Å². The highest BCUT2D eigenvalue weighted by atomic mass is 32.2. The molecule has 7 unspecified atom stereocenters. The number of carbonyl (C=O) groups excluding carboxylic acids is 4. The average Bonchev–Trinajstić information content (AvgIpc) is 3.84. The van der Waals surface area contributed by atoms with Gasteiger partial charge in [0.2, 0.25) is 23.6 Å². The number of thioether (sulfide) groups is 1. The van der Waals surface area contributed by atoms with Crippen LogP contribution in [0.2, 0.25) is 0 Å². The molecule has 0 saturated carbocycles. The predicted molar refractivity (Wildman–Crippen MR) is 241 cm³/mol. The zero-order valence-electron chi connectivity index (χ0n) is 40.4. The minimum Gasteiger partial charge on any atom is -0.454 e. The van der Waals surface area contributed by atoms with Crippen LogP contribution in [-0.2, 0) is 47.6 Å². The maximum atomic E-state index is 14.8. The zero-order chi connectivity index (χ0) is 47.4. The molecule has 5 heterocycles. The van der Waals surface area contributed by atoms with E-state index in [0.29, 0.717) is 44.0 Å². The largest absolute Gasteiger partial charge is 0.454 e. The molecule has 16 atom stereocenters. The van der Waals surface area contributed by atoms with Crippen LogP contribution in [0, 0.1) is 17.8 Å². The van der Waals surface area contributed by atoms with Gasteiger partial charge < -0.3 is 64.0 Å². The highest BCUT2D eigenvalue weighted by Gasteiger charge is 2.54. The van der Waals surface area contributed by atoms with Crippen LogP contribution >= 0.6 is 11.8 Å². The fourth-order valence-electron chi connectivity index (χ4n) is 10.3. The summed E-state index contributed by atoms with van der Waals surface area (Å²) in [7, 11) is 5.10. The van der Waals surface area contributed by atoms with Gasteiger partial charge in [0.15, 0.2) is 18.7 Å². The van der Waals surface area contributed by atoms with Gasteiger partial charge in [0.1, 0.15) is 18.2 Å². The number of carbonyl (C=O) groups is 4. The van der Waals surface area contributed by atoms with E-state index < -0.39 is 90.0 Å². The Hall–Kier alpha value is -2.78. The minimum absolute atomic E-state index is 0.0336. The molecule has 366 valence electrons. The molecule has 5 rings (SSSR count). The third-order valence-corrected chi connectivity index (χ3v) is 14.5. The highest BCUT2D eigenvalue weighted by Crippen LogP contribution is 2.41. The SMILES string of the molecule is COC1(C)C[C@H](O[C@H]2C(C)C(=O)NC(CCSC)C(=O)N3CCC[C@H]3C(=O)NCC(=O)N(C)C[C@H](C)CC(C)(O)[C@H](O[C@@H]3OC(C)CC4[C@H]3O/C(=N/C(C)C)N4C)[C@H]2C)OC(C)[C@@H]1O. The summed E-state index contributed by atoms with van der Waals surface area (Å²) < 4.78 is 39.1. The van der Waals surface area contributed by atoms with Crippen LogP contribution in [0.15, 0.2) is 4.99 Å². The van der Waals surface area contributed by atoms with E-state index in [2.05, 4.69) is 10.6 Å². The second-order valence-electron chi connectivity index (χ2n) is 19.7. The maximum absolute atomic E-state index is 14.8. The molecule has 5 aliphatic rings.